The zero-order chi connectivity index (χ0) is 13.5. The topological polar surface area (TPSA) is 71.1 Å². The normalized spacial score (nSPS) is 8.94. The number of hydrogen-bond acceptors (Lipinski definition) is 6. The van der Waals surface area contributed by atoms with Gasteiger partial charge in [0.2, 0.25) is 0 Å². The van der Waals surface area contributed by atoms with Crippen molar-refractivity contribution >= 4 is 11.9 Å². The predicted molar refractivity (Wildman–Crippen MR) is 61.6 cm³/mol. The molecule has 0 amide bonds. The Bertz CT molecular complexity index is 192. The Kier molecular flexibility index (Phi) is 15.9. The van der Waals surface area contributed by atoms with Gasteiger partial charge in [-0.2, -0.15) is 0 Å². The third kappa shape index (κ3) is 20.8. The molecule has 102 valence electrons. The van der Waals surface area contributed by atoms with Crippen molar-refractivity contribution < 1.29 is 28.5 Å². The van der Waals surface area contributed by atoms with Crippen molar-refractivity contribution in [1.82, 2.24) is 0 Å². The molecule has 0 spiro atoms. The summed E-state index contributed by atoms with van der Waals surface area (Å²) in [5.74, 6) is -0.436. The molecule has 0 rings (SSSR count). The molecule has 0 aromatic carbocycles. The first-order valence-corrected chi connectivity index (χ1v) is 5.35. The molecule has 0 unspecified atom stereocenters. The van der Waals surface area contributed by atoms with Crippen LogP contribution in [-0.2, 0) is 28.5 Å². The molecule has 0 heterocycles. The average molecular weight is 250 g/mol. The van der Waals surface area contributed by atoms with Gasteiger partial charge < -0.3 is 18.9 Å². The van der Waals surface area contributed by atoms with Crippen molar-refractivity contribution in [2.75, 3.05) is 40.6 Å². The highest BCUT2D eigenvalue weighted by Crippen LogP contribution is 1.82. The van der Waals surface area contributed by atoms with Crippen molar-refractivity contribution in [3.63, 3.8) is 0 Å². The minimum Gasteiger partial charge on any atom is -0.463 e. The van der Waals surface area contributed by atoms with Crippen LogP contribution in [0.1, 0.15) is 20.3 Å². The van der Waals surface area contributed by atoms with Crippen LogP contribution >= 0.6 is 0 Å². The van der Waals surface area contributed by atoms with Crippen LogP contribution in [0.4, 0.5) is 0 Å². The fourth-order valence-corrected chi connectivity index (χ4v) is 0.610. The number of carbonyl (C=O) groups excluding carboxylic acids is 2. The standard InChI is InChI=1S/C6H12O3.C5H10O3/c1-3-6(7)9-5-4-8-2;1-5(6)8-4-3-7-2/h3-5H2,1-2H3;3-4H2,1-2H3. The van der Waals surface area contributed by atoms with E-state index >= 15 is 0 Å². The van der Waals surface area contributed by atoms with Gasteiger partial charge in [0.05, 0.1) is 13.2 Å². The van der Waals surface area contributed by atoms with E-state index in [-0.39, 0.29) is 11.9 Å². The van der Waals surface area contributed by atoms with Crippen molar-refractivity contribution in [1.29, 1.82) is 0 Å². The van der Waals surface area contributed by atoms with E-state index in [9.17, 15) is 9.59 Å². The number of carbonyl (C=O) groups is 2. The third-order valence-corrected chi connectivity index (χ3v) is 1.43. The largest absolute Gasteiger partial charge is 0.463 e. The van der Waals surface area contributed by atoms with Crippen molar-refractivity contribution in [3.05, 3.63) is 0 Å². The summed E-state index contributed by atoms with van der Waals surface area (Å²) in [5.41, 5.74) is 0. The maximum atomic E-state index is 10.4. The van der Waals surface area contributed by atoms with Gasteiger partial charge in [0.25, 0.3) is 0 Å². The molecule has 0 bridgehead atoms. The van der Waals surface area contributed by atoms with Crippen LogP contribution in [0.25, 0.3) is 0 Å². The van der Waals surface area contributed by atoms with E-state index in [4.69, 9.17) is 0 Å². The summed E-state index contributed by atoms with van der Waals surface area (Å²) >= 11 is 0. The van der Waals surface area contributed by atoms with Crippen LogP contribution < -0.4 is 0 Å². The maximum Gasteiger partial charge on any atom is 0.305 e. The number of ether oxygens (including phenoxy) is 4. The van der Waals surface area contributed by atoms with E-state index in [2.05, 4.69) is 18.9 Å². The van der Waals surface area contributed by atoms with Gasteiger partial charge in [-0.3, -0.25) is 9.59 Å². The maximum absolute atomic E-state index is 10.4. The zero-order valence-corrected chi connectivity index (χ0v) is 11.0. The van der Waals surface area contributed by atoms with Crippen LogP contribution in [0.15, 0.2) is 0 Å². The average Bonchev–Trinajstić information content (AvgIpc) is 2.30. The monoisotopic (exact) mass is 250 g/mol. The van der Waals surface area contributed by atoms with Crippen LogP contribution in [0.5, 0.6) is 0 Å². The second kappa shape index (κ2) is 14.9. The molecule has 0 aliphatic carbocycles. The Hall–Kier alpha value is -1.14. The molecule has 0 aliphatic rings. The molecule has 0 saturated heterocycles. The SMILES string of the molecule is CCC(=O)OCCOC.COCCOC(C)=O. The summed E-state index contributed by atoms with van der Waals surface area (Å²) in [7, 11) is 3.13. The third-order valence-electron chi connectivity index (χ3n) is 1.43. The lowest BCUT2D eigenvalue weighted by molar-refractivity contribution is -0.144. The Morgan fingerprint density at radius 1 is 0.882 bits per heavy atom. The number of methoxy groups -OCH3 is 2. The molecule has 0 fully saturated rings. The van der Waals surface area contributed by atoms with Gasteiger partial charge in [-0.15, -0.1) is 0 Å². The van der Waals surface area contributed by atoms with Gasteiger partial charge >= 0.3 is 11.9 Å². The molecule has 0 aromatic heterocycles. The second-order valence-electron chi connectivity index (χ2n) is 2.90. The van der Waals surface area contributed by atoms with Gasteiger partial charge in [0.15, 0.2) is 0 Å². The molecule has 0 saturated carbocycles. The van der Waals surface area contributed by atoms with Crippen LogP contribution in [0, 0.1) is 0 Å². The highest BCUT2D eigenvalue weighted by atomic mass is 16.6. The lowest BCUT2D eigenvalue weighted by atomic mass is 10.5. The molecule has 0 radical (unpaired) electrons. The lowest BCUT2D eigenvalue weighted by Crippen LogP contribution is -2.07. The van der Waals surface area contributed by atoms with Crippen LogP contribution in [0.3, 0.4) is 0 Å². The first-order chi connectivity index (χ1) is 8.08. The first kappa shape index (κ1) is 18.2. The van der Waals surface area contributed by atoms with Gasteiger partial charge in [-0.05, 0) is 0 Å². The van der Waals surface area contributed by atoms with Gasteiger partial charge in [0, 0.05) is 27.6 Å². The fourth-order valence-electron chi connectivity index (χ4n) is 0.610. The summed E-state index contributed by atoms with van der Waals surface area (Å²) in [6, 6.07) is 0. The fraction of sp³-hybridized carbons (Fsp3) is 0.818. The highest BCUT2D eigenvalue weighted by molar-refractivity contribution is 5.68. The van der Waals surface area contributed by atoms with E-state index < -0.39 is 0 Å². The number of hydrogen-bond donors (Lipinski definition) is 0. The summed E-state index contributed by atoms with van der Waals surface area (Å²) in [6.45, 7) is 4.80. The summed E-state index contributed by atoms with van der Waals surface area (Å²) in [5, 5.41) is 0. The first-order valence-electron chi connectivity index (χ1n) is 5.35. The number of rotatable bonds is 7. The van der Waals surface area contributed by atoms with Crippen molar-refractivity contribution in [3.8, 4) is 0 Å². The Labute approximate surface area is 102 Å². The predicted octanol–water partition coefficient (Wildman–Crippen LogP) is 0.782. The second-order valence-corrected chi connectivity index (χ2v) is 2.90. The van der Waals surface area contributed by atoms with Crippen LogP contribution in [-0.4, -0.2) is 52.6 Å². The minimum absolute atomic E-state index is 0.174. The minimum atomic E-state index is -0.262. The van der Waals surface area contributed by atoms with Crippen molar-refractivity contribution in [2.24, 2.45) is 0 Å². The molecule has 0 N–H and O–H groups in total. The molecule has 0 aromatic rings. The van der Waals surface area contributed by atoms with Gasteiger partial charge in [-0.25, -0.2) is 0 Å². The molecule has 0 atom stereocenters. The van der Waals surface area contributed by atoms with Gasteiger partial charge in [0.1, 0.15) is 13.2 Å². The van der Waals surface area contributed by atoms with E-state index in [1.165, 1.54) is 6.92 Å². The Balaban J connectivity index is 0. The van der Waals surface area contributed by atoms with Gasteiger partial charge in [-0.1, -0.05) is 6.92 Å². The molecular formula is C11H22O6. The van der Waals surface area contributed by atoms with E-state index in [1.807, 2.05) is 0 Å². The molecule has 0 aliphatic heterocycles. The molecule has 6 nitrogen and oxygen atoms in total. The van der Waals surface area contributed by atoms with E-state index in [0.29, 0.717) is 32.8 Å². The molecule has 17 heavy (non-hydrogen) atoms. The summed E-state index contributed by atoms with van der Waals surface area (Å²) < 4.78 is 18.5. The Morgan fingerprint density at radius 2 is 1.35 bits per heavy atom. The summed E-state index contributed by atoms with van der Waals surface area (Å²) in [6.07, 6.45) is 0.434. The molecule has 6 heteroatoms. The number of esters is 2. The summed E-state index contributed by atoms with van der Waals surface area (Å²) in [4.78, 5) is 20.4. The Morgan fingerprint density at radius 3 is 1.71 bits per heavy atom. The van der Waals surface area contributed by atoms with Crippen LogP contribution in [0.2, 0.25) is 0 Å². The molecular weight excluding hydrogens is 228 g/mol. The smallest absolute Gasteiger partial charge is 0.305 e. The van der Waals surface area contributed by atoms with E-state index in [0.717, 1.165) is 0 Å². The zero-order valence-electron chi connectivity index (χ0n) is 11.0. The van der Waals surface area contributed by atoms with Crippen molar-refractivity contribution in [2.45, 2.75) is 20.3 Å². The lowest BCUT2D eigenvalue weighted by Gasteiger charge is -1.99. The quantitative estimate of drug-likeness (QED) is 0.491. The highest BCUT2D eigenvalue weighted by Gasteiger charge is 1.94. The van der Waals surface area contributed by atoms with E-state index in [1.54, 1.807) is 21.1 Å².